The Kier molecular flexibility index (Phi) is 12.1. The number of rotatable bonds is 14. The van der Waals surface area contributed by atoms with Crippen molar-refractivity contribution in [2.75, 3.05) is 0 Å². The molecule has 1 unspecified atom stereocenters. The van der Waals surface area contributed by atoms with Crippen molar-refractivity contribution >= 4 is 5.97 Å². The van der Waals surface area contributed by atoms with Crippen molar-refractivity contribution in [2.45, 2.75) is 104 Å². The van der Waals surface area contributed by atoms with Gasteiger partial charge in [0.2, 0.25) is 0 Å². The molecule has 0 amide bonds. The predicted octanol–water partition coefficient (Wildman–Crippen LogP) is 7.42. The molecule has 0 aromatic heterocycles. The van der Waals surface area contributed by atoms with Crippen LogP contribution in [-0.4, -0.2) is 5.97 Å². The Balaban J connectivity index is 2.05. The highest BCUT2D eigenvalue weighted by molar-refractivity contribution is 5.72. The molecule has 0 aliphatic carbocycles. The zero-order valence-electron chi connectivity index (χ0n) is 16.7. The van der Waals surface area contributed by atoms with E-state index in [2.05, 4.69) is 32.9 Å². The average Bonchev–Trinajstić information content (AvgIpc) is 2.63. The number of ether oxygens (including phenoxy) is 1. The maximum absolute atomic E-state index is 11.9. The van der Waals surface area contributed by atoms with E-state index in [0.717, 1.165) is 19.3 Å². The number of benzene rings is 1. The Morgan fingerprint density at radius 2 is 1.36 bits per heavy atom. The van der Waals surface area contributed by atoms with Gasteiger partial charge in [0.05, 0.1) is 0 Å². The zero-order valence-corrected chi connectivity index (χ0v) is 16.7. The van der Waals surface area contributed by atoms with Crippen molar-refractivity contribution in [3.63, 3.8) is 0 Å². The number of carbonyl (C=O) groups is 1. The van der Waals surface area contributed by atoms with Gasteiger partial charge in [0.1, 0.15) is 5.75 Å². The molecule has 2 heteroatoms. The summed E-state index contributed by atoms with van der Waals surface area (Å²) in [6.45, 7) is 6.66. The third-order valence-electron chi connectivity index (χ3n) is 5.03. The van der Waals surface area contributed by atoms with Crippen LogP contribution in [0.1, 0.15) is 109 Å². The molecule has 0 aliphatic rings. The quantitative estimate of drug-likeness (QED) is 0.199. The fourth-order valence-electron chi connectivity index (χ4n) is 3.04. The molecule has 0 saturated carbocycles. The van der Waals surface area contributed by atoms with Crippen LogP contribution in [0.2, 0.25) is 0 Å². The van der Waals surface area contributed by atoms with Crippen molar-refractivity contribution in [3.05, 3.63) is 29.8 Å². The highest BCUT2D eigenvalue weighted by Crippen LogP contribution is 2.22. The SMILES string of the molecule is CCCCCCCCCCCCC(=O)Oc1ccc(C(C)CC)cc1. The van der Waals surface area contributed by atoms with E-state index in [-0.39, 0.29) is 5.97 Å². The molecule has 0 bridgehead atoms. The lowest BCUT2D eigenvalue weighted by Gasteiger charge is -2.10. The molecule has 0 spiro atoms. The smallest absolute Gasteiger partial charge is 0.311 e. The second kappa shape index (κ2) is 13.9. The van der Waals surface area contributed by atoms with Gasteiger partial charge >= 0.3 is 5.97 Å². The van der Waals surface area contributed by atoms with E-state index in [1.807, 2.05) is 12.1 Å². The Labute approximate surface area is 155 Å². The molecular weight excluding hydrogens is 308 g/mol. The van der Waals surface area contributed by atoms with Crippen LogP contribution < -0.4 is 4.74 Å². The summed E-state index contributed by atoms with van der Waals surface area (Å²) in [5.74, 6) is 1.12. The first-order chi connectivity index (χ1) is 12.2. The number of hydrogen-bond acceptors (Lipinski definition) is 2. The summed E-state index contributed by atoms with van der Waals surface area (Å²) in [7, 11) is 0. The lowest BCUT2D eigenvalue weighted by Crippen LogP contribution is -2.07. The van der Waals surface area contributed by atoms with Gasteiger partial charge in [0, 0.05) is 6.42 Å². The minimum Gasteiger partial charge on any atom is -0.427 e. The van der Waals surface area contributed by atoms with Crippen LogP contribution in [0.5, 0.6) is 5.75 Å². The van der Waals surface area contributed by atoms with Crippen LogP contribution in [0, 0.1) is 0 Å². The van der Waals surface area contributed by atoms with Crippen LogP contribution in [0.15, 0.2) is 24.3 Å². The summed E-state index contributed by atoms with van der Waals surface area (Å²) in [4.78, 5) is 11.9. The molecular formula is C23H38O2. The average molecular weight is 347 g/mol. The van der Waals surface area contributed by atoms with Crippen molar-refractivity contribution in [1.29, 1.82) is 0 Å². The van der Waals surface area contributed by atoms with Gasteiger partial charge in [-0.3, -0.25) is 4.79 Å². The predicted molar refractivity (Wildman–Crippen MR) is 107 cm³/mol. The van der Waals surface area contributed by atoms with Crippen LogP contribution in [0.25, 0.3) is 0 Å². The van der Waals surface area contributed by atoms with Gasteiger partial charge in [-0.2, -0.15) is 0 Å². The van der Waals surface area contributed by atoms with E-state index >= 15 is 0 Å². The van der Waals surface area contributed by atoms with Gasteiger partial charge in [-0.05, 0) is 36.5 Å². The van der Waals surface area contributed by atoms with Gasteiger partial charge in [-0.25, -0.2) is 0 Å². The number of hydrogen-bond donors (Lipinski definition) is 0. The highest BCUT2D eigenvalue weighted by Gasteiger charge is 2.06. The minimum absolute atomic E-state index is 0.101. The van der Waals surface area contributed by atoms with E-state index in [9.17, 15) is 4.79 Å². The summed E-state index contributed by atoms with van der Waals surface area (Å²) >= 11 is 0. The number of unbranched alkanes of at least 4 members (excludes halogenated alkanes) is 9. The topological polar surface area (TPSA) is 26.3 Å². The van der Waals surface area contributed by atoms with Gasteiger partial charge < -0.3 is 4.74 Å². The largest absolute Gasteiger partial charge is 0.427 e. The Hall–Kier alpha value is -1.31. The second-order valence-corrected chi connectivity index (χ2v) is 7.28. The molecule has 1 aromatic rings. The second-order valence-electron chi connectivity index (χ2n) is 7.28. The standard InChI is InChI=1S/C23H38O2/c1-4-6-7-8-9-10-11-12-13-14-15-23(24)25-22-18-16-21(17-19-22)20(3)5-2/h16-20H,4-15H2,1-3H3. The van der Waals surface area contributed by atoms with E-state index in [4.69, 9.17) is 4.74 Å². The maximum Gasteiger partial charge on any atom is 0.311 e. The maximum atomic E-state index is 11.9. The third kappa shape index (κ3) is 10.3. The molecule has 25 heavy (non-hydrogen) atoms. The van der Waals surface area contributed by atoms with Crippen LogP contribution in [0.3, 0.4) is 0 Å². The fraction of sp³-hybridized carbons (Fsp3) is 0.696. The molecule has 1 rings (SSSR count). The van der Waals surface area contributed by atoms with Crippen molar-refractivity contribution in [3.8, 4) is 5.75 Å². The summed E-state index contributed by atoms with van der Waals surface area (Å²) in [6.07, 6.45) is 14.5. The van der Waals surface area contributed by atoms with E-state index in [0.29, 0.717) is 18.1 Å². The first-order valence-corrected chi connectivity index (χ1v) is 10.5. The van der Waals surface area contributed by atoms with Crippen LogP contribution in [0.4, 0.5) is 0 Å². The molecule has 0 heterocycles. The molecule has 0 N–H and O–H groups in total. The fourth-order valence-corrected chi connectivity index (χ4v) is 3.04. The van der Waals surface area contributed by atoms with E-state index < -0.39 is 0 Å². The number of carbonyl (C=O) groups excluding carboxylic acids is 1. The first kappa shape index (κ1) is 21.7. The molecule has 0 aliphatic heterocycles. The van der Waals surface area contributed by atoms with Crippen LogP contribution in [-0.2, 0) is 4.79 Å². The van der Waals surface area contributed by atoms with Crippen molar-refractivity contribution < 1.29 is 9.53 Å². The zero-order chi connectivity index (χ0) is 18.3. The van der Waals surface area contributed by atoms with E-state index in [1.54, 1.807) is 0 Å². The van der Waals surface area contributed by atoms with Gasteiger partial charge in [-0.15, -0.1) is 0 Å². The summed E-state index contributed by atoms with van der Waals surface area (Å²) in [5, 5.41) is 0. The molecule has 1 aromatic carbocycles. The number of esters is 1. The van der Waals surface area contributed by atoms with Crippen molar-refractivity contribution in [1.82, 2.24) is 0 Å². The lowest BCUT2D eigenvalue weighted by molar-refractivity contribution is -0.134. The van der Waals surface area contributed by atoms with Gasteiger partial charge in [0.25, 0.3) is 0 Å². The molecule has 2 nitrogen and oxygen atoms in total. The molecule has 0 saturated heterocycles. The Morgan fingerprint density at radius 3 is 1.88 bits per heavy atom. The minimum atomic E-state index is -0.101. The van der Waals surface area contributed by atoms with Gasteiger partial charge in [0.15, 0.2) is 0 Å². The van der Waals surface area contributed by atoms with Crippen LogP contribution >= 0.6 is 0 Å². The summed E-state index contributed by atoms with van der Waals surface area (Å²) in [6, 6.07) is 7.96. The summed E-state index contributed by atoms with van der Waals surface area (Å²) in [5.41, 5.74) is 1.30. The molecule has 142 valence electrons. The Morgan fingerprint density at radius 1 is 0.840 bits per heavy atom. The third-order valence-corrected chi connectivity index (χ3v) is 5.03. The van der Waals surface area contributed by atoms with E-state index in [1.165, 1.54) is 56.9 Å². The van der Waals surface area contributed by atoms with Crippen molar-refractivity contribution in [2.24, 2.45) is 0 Å². The lowest BCUT2D eigenvalue weighted by atomic mass is 9.99. The highest BCUT2D eigenvalue weighted by atomic mass is 16.5. The Bertz CT molecular complexity index is 450. The molecule has 0 radical (unpaired) electrons. The monoisotopic (exact) mass is 346 g/mol. The first-order valence-electron chi connectivity index (χ1n) is 10.5. The molecule has 0 fully saturated rings. The molecule has 1 atom stereocenters. The summed E-state index contributed by atoms with van der Waals surface area (Å²) < 4.78 is 5.43. The normalized spacial score (nSPS) is 12.1. The van der Waals surface area contributed by atoms with Gasteiger partial charge in [-0.1, -0.05) is 90.7 Å².